The highest BCUT2D eigenvalue weighted by Crippen LogP contribution is 2.58. The van der Waals surface area contributed by atoms with Crippen LogP contribution in [0.3, 0.4) is 0 Å². The van der Waals surface area contributed by atoms with Crippen LogP contribution in [0.15, 0.2) is 224 Å². The maximum absolute atomic E-state index is 2.48. The molecule has 10 aromatic rings. The highest BCUT2D eigenvalue weighted by Gasteiger charge is 2.46. The number of rotatable bonds is 6. The summed E-state index contributed by atoms with van der Waals surface area (Å²) in [5.41, 5.74) is 18.3. The van der Waals surface area contributed by atoms with E-state index in [0.29, 0.717) is 0 Å². The van der Waals surface area contributed by atoms with Gasteiger partial charge in [0.1, 0.15) is 0 Å². The topological polar surface area (TPSA) is 3.24 Å². The monoisotopic (exact) mass is 735 g/mol. The van der Waals surface area contributed by atoms with Crippen molar-refractivity contribution in [1.29, 1.82) is 0 Å². The lowest BCUT2D eigenvalue weighted by Crippen LogP contribution is -2.28. The van der Waals surface area contributed by atoms with E-state index in [2.05, 4.69) is 229 Å². The zero-order valence-electron chi connectivity index (χ0n) is 31.8. The van der Waals surface area contributed by atoms with Crippen LogP contribution in [-0.4, -0.2) is 0 Å². The lowest BCUT2D eigenvalue weighted by molar-refractivity contribution is 0.768. The van der Waals surface area contributed by atoms with Crippen molar-refractivity contribution in [3.05, 3.63) is 247 Å². The quantitative estimate of drug-likeness (QED) is 0.164. The molecule has 0 heterocycles. The highest BCUT2D eigenvalue weighted by molar-refractivity contribution is 6.14. The Hall–Kier alpha value is -7.48. The fourth-order valence-electron chi connectivity index (χ4n) is 10.0. The summed E-state index contributed by atoms with van der Waals surface area (Å²) in [7, 11) is 0. The minimum absolute atomic E-state index is 0.499. The maximum atomic E-state index is 2.48. The average Bonchev–Trinajstić information content (AvgIpc) is 3.59. The SMILES string of the molecule is c1ccc(-c2ccc(N(c3ccc4c(c3)C(c3ccccc3)(c3ccccc3)c3ccccc3-4)c3cccc4cc5c(cc34)-c3cc4ccccc4cc3-5)cc2)cc1. The van der Waals surface area contributed by atoms with E-state index in [4.69, 9.17) is 0 Å². The van der Waals surface area contributed by atoms with E-state index in [0.717, 1.165) is 17.1 Å². The van der Waals surface area contributed by atoms with E-state index in [9.17, 15) is 0 Å². The molecule has 0 atom stereocenters. The molecule has 270 valence electrons. The first-order valence-electron chi connectivity index (χ1n) is 20.2. The van der Waals surface area contributed by atoms with E-state index in [1.165, 1.54) is 88.3 Å². The van der Waals surface area contributed by atoms with Crippen LogP contribution < -0.4 is 4.90 Å². The first-order valence-corrected chi connectivity index (χ1v) is 20.2. The van der Waals surface area contributed by atoms with Crippen molar-refractivity contribution in [2.45, 2.75) is 5.41 Å². The molecule has 0 unspecified atom stereocenters. The summed E-state index contributed by atoms with van der Waals surface area (Å²) in [5, 5.41) is 5.03. The van der Waals surface area contributed by atoms with Gasteiger partial charge in [-0.25, -0.2) is 0 Å². The van der Waals surface area contributed by atoms with Crippen LogP contribution in [0.1, 0.15) is 22.3 Å². The second-order valence-electron chi connectivity index (χ2n) is 15.6. The average molecular weight is 736 g/mol. The van der Waals surface area contributed by atoms with Crippen molar-refractivity contribution in [3.8, 4) is 44.5 Å². The molecule has 0 radical (unpaired) electrons. The van der Waals surface area contributed by atoms with Crippen LogP contribution in [0.4, 0.5) is 17.1 Å². The first-order chi connectivity index (χ1) is 28.8. The molecule has 1 heteroatoms. The van der Waals surface area contributed by atoms with E-state index in [-0.39, 0.29) is 0 Å². The molecule has 0 saturated carbocycles. The van der Waals surface area contributed by atoms with Crippen molar-refractivity contribution in [1.82, 2.24) is 0 Å². The molecule has 0 N–H and O–H groups in total. The summed E-state index contributed by atoms with van der Waals surface area (Å²) >= 11 is 0. The number of hydrogen-bond donors (Lipinski definition) is 0. The molecule has 58 heavy (non-hydrogen) atoms. The molecule has 0 bridgehead atoms. The summed E-state index contributed by atoms with van der Waals surface area (Å²) in [6, 6.07) is 83.1. The molecular weight excluding hydrogens is 699 g/mol. The number of fused-ring (bicyclic) bond motifs is 9. The smallest absolute Gasteiger partial charge is 0.0714 e. The van der Waals surface area contributed by atoms with E-state index in [1.807, 2.05) is 0 Å². The number of anilines is 3. The Kier molecular flexibility index (Phi) is 7.21. The van der Waals surface area contributed by atoms with Gasteiger partial charge in [-0.05, 0) is 138 Å². The Labute approximate surface area is 338 Å². The van der Waals surface area contributed by atoms with Gasteiger partial charge < -0.3 is 4.90 Å². The minimum Gasteiger partial charge on any atom is -0.310 e. The predicted octanol–water partition coefficient (Wildman–Crippen LogP) is 15.1. The van der Waals surface area contributed by atoms with Gasteiger partial charge in [0.15, 0.2) is 0 Å². The molecule has 2 aliphatic carbocycles. The van der Waals surface area contributed by atoms with Gasteiger partial charge >= 0.3 is 0 Å². The van der Waals surface area contributed by atoms with Gasteiger partial charge in [-0.2, -0.15) is 0 Å². The van der Waals surface area contributed by atoms with Gasteiger partial charge in [0.05, 0.1) is 11.1 Å². The van der Waals surface area contributed by atoms with E-state index in [1.54, 1.807) is 0 Å². The third-order valence-corrected chi connectivity index (χ3v) is 12.6. The molecule has 0 fully saturated rings. The number of benzene rings is 10. The summed E-state index contributed by atoms with van der Waals surface area (Å²) < 4.78 is 0. The largest absolute Gasteiger partial charge is 0.310 e. The van der Waals surface area contributed by atoms with Crippen LogP contribution >= 0.6 is 0 Å². The van der Waals surface area contributed by atoms with E-state index < -0.39 is 5.41 Å². The van der Waals surface area contributed by atoms with Gasteiger partial charge in [-0.1, -0.05) is 170 Å². The highest BCUT2D eigenvalue weighted by atomic mass is 15.1. The van der Waals surface area contributed by atoms with Crippen molar-refractivity contribution in [3.63, 3.8) is 0 Å². The van der Waals surface area contributed by atoms with Gasteiger partial charge in [-0.3, -0.25) is 0 Å². The number of nitrogens with zero attached hydrogens (tertiary/aromatic N) is 1. The maximum Gasteiger partial charge on any atom is 0.0714 e. The molecule has 10 aromatic carbocycles. The Morgan fingerprint density at radius 2 is 0.793 bits per heavy atom. The standard InChI is InChI=1S/C57H37N/c1-4-15-38(16-5-1)39-27-29-45(30-28-39)58(56-26-14-19-42-35-52-50-33-40-17-10-11-18-41(40)34-51(50)53(52)37-49(42)56)46-31-32-48-47-24-12-13-25-54(47)57(55(48)36-46,43-20-6-2-7-21-43)44-22-8-3-9-23-44/h1-37H. The van der Waals surface area contributed by atoms with Crippen molar-refractivity contribution >= 4 is 38.6 Å². The van der Waals surface area contributed by atoms with Crippen LogP contribution in [0.5, 0.6) is 0 Å². The molecule has 1 nitrogen and oxygen atoms in total. The van der Waals surface area contributed by atoms with Gasteiger partial charge in [0.25, 0.3) is 0 Å². The first kappa shape index (κ1) is 32.7. The summed E-state index contributed by atoms with van der Waals surface area (Å²) in [6.45, 7) is 0. The summed E-state index contributed by atoms with van der Waals surface area (Å²) in [4.78, 5) is 2.48. The Bertz CT molecular complexity index is 3160. The Morgan fingerprint density at radius 3 is 1.47 bits per heavy atom. The zero-order valence-corrected chi connectivity index (χ0v) is 31.8. The van der Waals surface area contributed by atoms with E-state index >= 15 is 0 Å². The second kappa shape index (κ2) is 12.8. The fraction of sp³-hybridized carbons (Fsp3) is 0.0175. The van der Waals surface area contributed by atoms with Crippen molar-refractivity contribution < 1.29 is 0 Å². The molecule has 0 saturated heterocycles. The van der Waals surface area contributed by atoms with Crippen LogP contribution in [0.2, 0.25) is 0 Å². The minimum atomic E-state index is -0.499. The van der Waals surface area contributed by atoms with Gasteiger partial charge in [-0.15, -0.1) is 0 Å². The molecule has 0 spiro atoms. The molecule has 0 aromatic heterocycles. The molecular formula is C57H37N. The number of hydrogen-bond acceptors (Lipinski definition) is 1. The van der Waals surface area contributed by atoms with Crippen molar-refractivity contribution in [2.75, 3.05) is 4.90 Å². The van der Waals surface area contributed by atoms with Gasteiger partial charge in [0.2, 0.25) is 0 Å². The Morgan fingerprint density at radius 1 is 0.293 bits per heavy atom. The zero-order chi connectivity index (χ0) is 38.2. The molecule has 0 aliphatic heterocycles. The lowest BCUT2D eigenvalue weighted by atomic mass is 9.67. The third kappa shape index (κ3) is 4.77. The van der Waals surface area contributed by atoms with Crippen LogP contribution in [0, 0.1) is 0 Å². The molecule has 12 rings (SSSR count). The molecule has 2 aliphatic rings. The van der Waals surface area contributed by atoms with Crippen LogP contribution in [0.25, 0.3) is 66.1 Å². The molecule has 0 amide bonds. The second-order valence-corrected chi connectivity index (χ2v) is 15.6. The summed E-state index contributed by atoms with van der Waals surface area (Å²) in [6.07, 6.45) is 0. The normalized spacial score (nSPS) is 13.0. The van der Waals surface area contributed by atoms with Crippen molar-refractivity contribution in [2.24, 2.45) is 0 Å². The third-order valence-electron chi connectivity index (χ3n) is 12.6. The lowest BCUT2D eigenvalue weighted by Gasteiger charge is -2.35. The predicted molar refractivity (Wildman–Crippen MR) is 243 cm³/mol. The van der Waals surface area contributed by atoms with Crippen LogP contribution in [-0.2, 0) is 5.41 Å². The summed E-state index contributed by atoms with van der Waals surface area (Å²) in [5.74, 6) is 0. The van der Waals surface area contributed by atoms with Gasteiger partial charge in [0, 0.05) is 16.8 Å². The Balaban J connectivity index is 1.10. The fourth-order valence-corrected chi connectivity index (χ4v) is 10.0.